The van der Waals surface area contributed by atoms with Crippen LogP contribution in [0.25, 0.3) is 34.7 Å². The summed E-state index contributed by atoms with van der Waals surface area (Å²) in [5.74, 6) is -1.37. The molecule has 2 N–H and O–H groups in total. The average Bonchev–Trinajstić information content (AvgIpc) is 3.74. The third-order valence-corrected chi connectivity index (χ3v) is 8.91. The highest BCUT2D eigenvalue weighted by Crippen LogP contribution is 2.29. The minimum atomic E-state index is -2.82. The van der Waals surface area contributed by atoms with Gasteiger partial charge in [-0.15, -0.1) is 0 Å². The molecular weight excluding hydrogens is 713 g/mol. The summed E-state index contributed by atoms with van der Waals surface area (Å²) in [5, 5.41) is 14.1. The Kier molecular flexibility index (Phi) is 12.1. The van der Waals surface area contributed by atoms with Gasteiger partial charge in [0.2, 0.25) is 11.8 Å². The highest BCUT2D eigenvalue weighted by atomic mass is 31.1. The van der Waals surface area contributed by atoms with E-state index in [4.69, 9.17) is 9.05 Å². The molecule has 0 radical (unpaired) electrons. The van der Waals surface area contributed by atoms with Crippen molar-refractivity contribution in [3.8, 4) is 22.5 Å². The van der Waals surface area contributed by atoms with Gasteiger partial charge in [-0.1, -0.05) is 24.3 Å². The molecule has 0 aliphatic rings. The van der Waals surface area contributed by atoms with Crippen LogP contribution in [-0.4, -0.2) is 31.4 Å². The van der Waals surface area contributed by atoms with E-state index in [2.05, 4.69) is 20.8 Å². The predicted octanol–water partition coefficient (Wildman–Crippen LogP) is 8.19. The lowest BCUT2D eigenvalue weighted by molar-refractivity contribution is -0.112. The maximum atomic E-state index is 13.4. The van der Waals surface area contributed by atoms with E-state index in [1.54, 1.807) is 121 Å². The number of nitrogens with one attached hydrogen (secondary N) is 2. The Morgan fingerprint density at radius 3 is 1.37 bits per heavy atom. The van der Waals surface area contributed by atoms with Crippen molar-refractivity contribution in [2.24, 2.45) is 14.1 Å². The van der Waals surface area contributed by atoms with E-state index >= 15 is 0 Å². The van der Waals surface area contributed by atoms with Gasteiger partial charge in [0.25, 0.3) is 0 Å². The zero-order chi connectivity index (χ0) is 38.0. The SMILES string of the molecule is Cn1ncc(/C=C\C(=O)Nc2ccc(CO[PH](=O)OCc3ccc(NC(=O)/C=C\c4cnn(C)c4-c4ccc(F)cc4)cc3)cc2)c1-c1ccc(F)cc1. The molecule has 0 aliphatic carbocycles. The Balaban J connectivity index is 0.922. The lowest BCUT2D eigenvalue weighted by Crippen LogP contribution is -2.07. The lowest BCUT2D eigenvalue weighted by Gasteiger charge is -2.08. The van der Waals surface area contributed by atoms with Crippen LogP contribution in [0.15, 0.2) is 122 Å². The van der Waals surface area contributed by atoms with Crippen LogP contribution >= 0.6 is 8.25 Å². The van der Waals surface area contributed by atoms with E-state index in [0.717, 1.165) is 33.6 Å². The predicted molar refractivity (Wildman–Crippen MR) is 204 cm³/mol. The van der Waals surface area contributed by atoms with Crippen LogP contribution < -0.4 is 10.6 Å². The second-order valence-electron chi connectivity index (χ2n) is 12.0. The van der Waals surface area contributed by atoms with E-state index in [9.17, 15) is 22.9 Å². The molecule has 0 unspecified atom stereocenters. The molecule has 0 fully saturated rings. The number of halogens is 2. The quantitative estimate of drug-likeness (QED) is 0.0849. The Morgan fingerprint density at radius 1 is 0.630 bits per heavy atom. The van der Waals surface area contributed by atoms with Gasteiger partial charge in [-0.25, -0.2) is 8.78 Å². The molecule has 274 valence electrons. The van der Waals surface area contributed by atoms with Crippen molar-refractivity contribution < 1.29 is 32.0 Å². The number of aryl methyl sites for hydroxylation is 2. The molecule has 0 spiro atoms. The zero-order valence-electron chi connectivity index (χ0n) is 29.2. The van der Waals surface area contributed by atoms with Crippen LogP contribution in [0, 0.1) is 11.6 Å². The van der Waals surface area contributed by atoms with Gasteiger partial charge in [0.1, 0.15) is 11.6 Å². The van der Waals surface area contributed by atoms with E-state index in [-0.39, 0.29) is 36.7 Å². The third-order valence-electron chi connectivity index (χ3n) is 8.15. The number of anilines is 2. The summed E-state index contributed by atoms with van der Waals surface area (Å²) in [7, 11) is 0.728. The highest BCUT2D eigenvalue weighted by Gasteiger charge is 2.12. The summed E-state index contributed by atoms with van der Waals surface area (Å²) >= 11 is 0. The van der Waals surface area contributed by atoms with E-state index in [0.29, 0.717) is 22.5 Å². The molecule has 0 saturated heterocycles. The van der Waals surface area contributed by atoms with Crippen molar-refractivity contribution in [2.45, 2.75) is 13.2 Å². The van der Waals surface area contributed by atoms with Crippen LogP contribution in [0.5, 0.6) is 0 Å². The Bertz CT molecular complexity index is 2160. The molecule has 11 nitrogen and oxygen atoms in total. The van der Waals surface area contributed by atoms with Gasteiger partial charge >= 0.3 is 8.25 Å². The van der Waals surface area contributed by atoms with E-state index < -0.39 is 8.25 Å². The van der Waals surface area contributed by atoms with Crippen molar-refractivity contribution >= 4 is 43.6 Å². The number of hydrogen-bond donors (Lipinski definition) is 2. The minimum Gasteiger partial charge on any atom is -0.323 e. The van der Waals surface area contributed by atoms with Gasteiger partial charge in [-0.2, -0.15) is 10.2 Å². The van der Waals surface area contributed by atoms with Crippen molar-refractivity contribution in [1.82, 2.24) is 19.6 Å². The third kappa shape index (κ3) is 9.98. The fourth-order valence-corrected chi connectivity index (χ4v) is 6.12. The number of rotatable bonds is 14. The highest BCUT2D eigenvalue weighted by molar-refractivity contribution is 7.33. The number of nitrogens with zero attached hydrogens (tertiary/aromatic N) is 4. The Labute approximate surface area is 310 Å². The first kappa shape index (κ1) is 37.5. The van der Waals surface area contributed by atoms with Crippen LogP contribution in [0.4, 0.5) is 20.2 Å². The first-order valence-corrected chi connectivity index (χ1v) is 17.9. The number of aromatic nitrogens is 4. The molecule has 6 rings (SSSR count). The summed E-state index contributed by atoms with van der Waals surface area (Å²) in [6.45, 7) is 0.0873. The average molecular weight is 749 g/mol. The molecule has 0 bridgehead atoms. The van der Waals surface area contributed by atoms with Crippen LogP contribution in [0.3, 0.4) is 0 Å². The minimum absolute atomic E-state index is 0.0437. The van der Waals surface area contributed by atoms with Crippen molar-refractivity contribution in [2.75, 3.05) is 10.6 Å². The van der Waals surface area contributed by atoms with Crippen LogP contribution in [0.1, 0.15) is 22.3 Å². The molecule has 2 heterocycles. The van der Waals surface area contributed by atoms with Gasteiger partial charge in [-0.3, -0.25) is 23.5 Å². The van der Waals surface area contributed by atoms with Gasteiger partial charge in [0.15, 0.2) is 0 Å². The number of benzene rings is 4. The molecular formula is C40H35F2N6O5P. The molecule has 4 aromatic carbocycles. The molecule has 0 atom stereocenters. The summed E-state index contributed by atoms with van der Waals surface area (Å²) in [6.07, 6.45) is 9.33. The first-order valence-electron chi connectivity index (χ1n) is 16.6. The molecule has 6 aromatic rings. The van der Waals surface area contributed by atoms with Gasteiger partial charge in [-0.05, 0) is 96.1 Å². The number of carbonyl (C=O) groups excluding carboxylic acids is 2. The number of carbonyl (C=O) groups is 2. The Morgan fingerprint density at radius 2 is 1.00 bits per heavy atom. The monoisotopic (exact) mass is 748 g/mol. The summed E-state index contributed by atoms with van der Waals surface area (Å²) < 4.78 is 53.3. The summed E-state index contributed by atoms with van der Waals surface area (Å²) in [4.78, 5) is 25.2. The molecule has 0 aliphatic heterocycles. The first-order chi connectivity index (χ1) is 26.1. The largest absolute Gasteiger partial charge is 0.323 e. The standard InChI is InChI=1S/C40H35F2N6O5P/c1-47-39(29-7-13-33(41)14-8-29)31(23-43-47)11-21-37(49)45-35-17-3-27(4-18-35)25-52-54(51)53-26-28-5-19-36(20-6-28)46-38(50)22-12-32-24-44-48(2)40(32)30-9-15-34(42)16-10-30/h3-24,54H,25-26H2,1-2H3,(H,45,49)(H,46,50)/b21-11-,22-12-. The second kappa shape index (κ2) is 17.5. The van der Waals surface area contributed by atoms with Gasteiger partial charge in [0.05, 0.1) is 37.0 Å². The summed E-state index contributed by atoms with van der Waals surface area (Å²) in [5.41, 5.74) is 7.02. The smallest absolute Gasteiger partial charge is 0.319 e. The molecule has 14 heteroatoms. The van der Waals surface area contributed by atoms with Crippen LogP contribution in [0.2, 0.25) is 0 Å². The van der Waals surface area contributed by atoms with E-state index in [1.807, 2.05) is 0 Å². The van der Waals surface area contributed by atoms with Gasteiger partial charge < -0.3 is 19.7 Å². The van der Waals surface area contributed by atoms with Crippen molar-refractivity contribution in [1.29, 1.82) is 0 Å². The fourth-order valence-electron chi connectivity index (χ4n) is 5.47. The topological polar surface area (TPSA) is 129 Å². The Hall–Kier alpha value is -6.27. The summed E-state index contributed by atoms with van der Waals surface area (Å²) in [6, 6.07) is 25.9. The number of hydrogen-bond acceptors (Lipinski definition) is 7. The number of amides is 2. The maximum Gasteiger partial charge on any atom is 0.319 e. The zero-order valence-corrected chi connectivity index (χ0v) is 30.2. The fraction of sp³-hybridized carbons (Fsp3) is 0.100. The van der Waals surface area contributed by atoms with E-state index in [1.165, 1.54) is 36.4 Å². The maximum absolute atomic E-state index is 13.4. The molecule has 0 saturated carbocycles. The normalized spacial score (nSPS) is 11.5. The second-order valence-corrected chi connectivity index (χ2v) is 13.1. The molecule has 2 amide bonds. The van der Waals surface area contributed by atoms with Crippen molar-refractivity contribution in [3.63, 3.8) is 0 Å². The van der Waals surface area contributed by atoms with Crippen LogP contribution in [-0.2, 0) is 50.5 Å². The molecule has 54 heavy (non-hydrogen) atoms. The van der Waals surface area contributed by atoms with Gasteiger partial charge in [0, 0.05) is 59.9 Å². The van der Waals surface area contributed by atoms with Crippen molar-refractivity contribution in [3.05, 3.63) is 155 Å². The lowest BCUT2D eigenvalue weighted by atomic mass is 10.1. The molecule has 2 aromatic heterocycles.